The zero-order valence-corrected chi connectivity index (χ0v) is 17.0. The van der Waals surface area contributed by atoms with Crippen LogP contribution in [-0.2, 0) is 13.1 Å². The summed E-state index contributed by atoms with van der Waals surface area (Å²) in [5.74, 6) is 5.62. The Morgan fingerprint density at radius 1 is 1.23 bits per heavy atom. The van der Waals surface area contributed by atoms with Gasteiger partial charge < -0.3 is 20.5 Å². The SMILES string of the molecule is CC(C)(O)C#Cc1cc2c(-c3ccnc(N)n3)cn(CCn3cc(O)[nH]c3=O)c2cn1. The molecule has 0 aliphatic rings. The van der Waals surface area contributed by atoms with E-state index in [1.807, 2.05) is 16.8 Å². The Bertz CT molecular complexity index is 1380. The molecule has 0 aromatic carbocycles. The molecule has 4 aromatic rings. The predicted octanol–water partition coefficient (Wildman–Crippen LogP) is 1.09. The van der Waals surface area contributed by atoms with Gasteiger partial charge in [0, 0.05) is 36.4 Å². The Labute approximate surface area is 177 Å². The van der Waals surface area contributed by atoms with Gasteiger partial charge in [0.15, 0.2) is 0 Å². The maximum Gasteiger partial charge on any atom is 0.328 e. The summed E-state index contributed by atoms with van der Waals surface area (Å²) >= 11 is 0. The number of aromatic nitrogens is 6. The third-order valence-electron chi connectivity index (χ3n) is 4.57. The van der Waals surface area contributed by atoms with Crippen molar-refractivity contribution in [3.8, 4) is 29.0 Å². The Morgan fingerprint density at radius 3 is 2.68 bits per heavy atom. The van der Waals surface area contributed by atoms with Crippen molar-refractivity contribution in [1.29, 1.82) is 0 Å². The summed E-state index contributed by atoms with van der Waals surface area (Å²) in [5.41, 5.74) is 7.01. The van der Waals surface area contributed by atoms with Gasteiger partial charge in [-0.25, -0.2) is 19.7 Å². The van der Waals surface area contributed by atoms with Crippen LogP contribution in [0.2, 0.25) is 0 Å². The standard InChI is InChI=1S/C21H21N7O3/c1-21(2,31)5-3-13-9-14-15(16-4-6-23-19(22)25-16)11-27(17(14)10-24-13)7-8-28-12-18(29)26-20(28)30/h4,6,9-12,29,31H,7-8H2,1-2H3,(H,26,30)(H2,22,23,25). The molecule has 4 aromatic heterocycles. The highest BCUT2D eigenvalue weighted by molar-refractivity contribution is 5.95. The van der Waals surface area contributed by atoms with Gasteiger partial charge in [-0.05, 0) is 31.9 Å². The summed E-state index contributed by atoms with van der Waals surface area (Å²) in [4.78, 5) is 26.8. The van der Waals surface area contributed by atoms with Crippen molar-refractivity contribution in [1.82, 2.24) is 29.1 Å². The Balaban J connectivity index is 1.80. The van der Waals surface area contributed by atoms with Crippen molar-refractivity contribution in [2.24, 2.45) is 0 Å². The van der Waals surface area contributed by atoms with E-state index >= 15 is 0 Å². The fourth-order valence-electron chi connectivity index (χ4n) is 3.19. The van der Waals surface area contributed by atoms with E-state index in [2.05, 4.69) is 31.8 Å². The normalized spacial score (nSPS) is 11.5. The molecule has 0 fully saturated rings. The van der Waals surface area contributed by atoms with Gasteiger partial charge in [0.25, 0.3) is 0 Å². The number of nitrogens with two attached hydrogens (primary N) is 1. The first kappa shape index (κ1) is 20.2. The predicted molar refractivity (Wildman–Crippen MR) is 115 cm³/mol. The second-order valence-corrected chi connectivity index (χ2v) is 7.57. The maximum atomic E-state index is 11.8. The number of aliphatic hydroxyl groups is 1. The molecule has 10 heteroatoms. The molecule has 0 saturated carbocycles. The third-order valence-corrected chi connectivity index (χ3v) is 4.57. The van der Waals surface area contributed by atoms with Gasteiger partial charge in [-0.1, -0.05) is 5.92 Å². The van der Waals surface area contributed by atoms with Crippen LogP contribution in [0.15, 0.2) is 41.7 Å². The molecule has 0 spiro atoms. The number of H-pyrrole nitrogens is 1. The van der Waals surface area contributed by atoms with Crippen LogP contribution in [0.3, 0.4) is 0 Å². The van der Waals surface area contributed by atoms with Crippen molar-refractivity contribution in [3.63, 3.8) is 0 Å². The van der Waals surface area contributed by atoms with Gasteiger partial charge in [0.2, 0.25) is 11.8 Å². The number of fused-ring (bicyclic) bond motifs is 1. The van der Waals surface area contributed by atoms with Crippen LogP contribution >= 0.6 is 0 Å². The van der Waals surface area contributed by atoms with E-state index in [0.29, 0.717) is 24.5 Å². The van der Waals surface area contributed by atoms with E-state index in [-0.39, 0.29) is 17.5 Å². The first-order chi connectivity index (χ1) is 14.7. The summed E-state index contributed by atoms with van der Waals surface area (Å²) in [6, 6.07) is 3.58. The minimum Gasteiger partial charge on any atom is -0.493 e. The molecule has 0 unspecified atom stereocenters. The molecule has 10 nitrogen and oxygen atoms in total. The monoisotopic (exact) mass is 419 g/mol. The lowest BCUT2D eigenvalue weighted by Gasteiger charge is -2.06. The van der Waals surface area contributed by atoms with Crippen molar-refractivity contribution in [3.05, 3.63) is 53.1 Å². The van der Waals surface area contributed by atoms with Crippen LogP contribution in [0.4, 0.5) is 5.95 Å². The maximum absolute atomic E-state index is 11.8. The van der Waals surface area contributed by atoms with Gasteiger partial charge in [-0.3, -0.25) is 9.55 Å². The lowest BCUT2D eigenvalue weighted by Crippen LogP contribution is -2.18. The van der Waals surface area contributed by atoms with Gasteiger partial charge in [0.05, 0.1) is 23.6 Å². The first-order valence-electron chi connectivity index (χ1n) is 9.51. The van der Waals surface area contributed by atoms with Crippen LogP contribution < -0.4 is 11.4 Å². The number of rotatable bonds is 4. The number of aromatic hydroxyl groups is 1. The number of imidazole rings is 1. The fourth-order valence-corrected chi connectivity index (χ4v) is 3.19. The van der Waals surface area contributed by atoms with Crippen LogP contribution in [-0.4, -0.2) is 44.9 Å². The van der Waals surface area contributed by atoms with Crippen molar-refractivity contribution in [2.75, 3.05) is 5.73 Å². The minimum absolute atomic E-state index is 0.156. The van der Waals surface area contributed by atoms with Gasteiger partial charge in [-0.2, -0.15) is 0 Å². The van der Waals surface area contributed by atoms with E-state index in [9.17, 15) is 15.0 Å². The lowest BCUT2D eigenvalue weighted by atomic mass is 10.1. The second-order valence-electron chi connectivity index (χ2n) is 7.57. The van der Waals surface area contributed by atoms with Crippen LogP contribution in [0.1, 0.15) is 19.5 Å². The summed E-state index contributed by atoms with van der Waals surface area (Å²) in [7, 11) is 0. The molecule has 5 N–H and O–H groups in total. The molecule has 0 saturated heterocycles. The molecule has 0 atom stereocenters. The van der Waals surface area contributed by atoms with Gasteiger partial charge in [-0.15, -0.1) is 0 Å². The average molecular weight is 419 g/mol. The lowest BCUT2D eigenvalue weighted by molar-refractivity contribution is 0.143. The molecule has 0 aliphatic heterocycles. The molecule has 0 radical (unpaired) electrons. The number of pyridine rings is 1. The number of aryl methyl sites for hydroxylation is 2. The number of hydrogen-bond donors (Lipinski definition) is 4. The molecule has 158 valence electrons. The van der Waals surface area contributed by atoms with Gasteiger partial charge in [0.1, 0.15) is 11.3 Å². The molecule has 4 heterocycles. The number of nitrogens with one attached hydrogen (secondary N) is 1. The van der Waals surface area contributed by atoms with Crippen molar-refractivity contribution < 1.29 is 10.2 Å². The molecule has 31 heavy (non-hydrogen) atoms. The summed E-state index contributed by atoms with van der Waals surface area (Å²) in [6.07, 6.45) is 6.52. The molecule has 0 amide bonds. The van der Waals surface area contributed by atoms with E-state index in [1.54, 1.807) is 32.3 Å². The average Bonchev–Trinajstić information content (AvgIpc) is 3.22. The third kappa shape index (κ3) is 4.41. The zero-order chi connectivity index (χ0) is 22.2. The van der Waals surface area contributed by atoms with E-state index in [1.165, 1.54) is 10.8 Å². The van der Waals surface area contributed by atoms with Gasteiger partial charge >= 0.3 is 5.69 Å². The molecule has 0 bridgehead atoms. The Kier molecular flexibility index (Phi) is 4.96. The second kappa shape index (κ2) is 7.62. The highest BCUT2D eigenvalue weighted by Gasteiger charge is 2.14. The van der Waals surface area contributed by atoms with Crippen LogP contribution in [0.25, 0.3) is 22.2 Å². The van der Waals surface area contributed by atoms with E-state index in [4.69, 9.17) is 5.73 Å². The summed E-state index contributed by atoms with van der Waals surface area (Å²) < 4.78 is 3.33. The largest absolute Gasteiger partial charge is 0.493 e. The number of hydrogen-bond acceptors (Lipinski definition) is 7. The summed E-state index contributed by atoms with van der Waals surface area (Å²) in [6.45, 7) is 3.99. The quantitative estimate of drug-likeness (QED) is 0.362. The number of nitrogen functional groups attached to an aromatic ring is 1. The van der Waals surface area contributed by atoms with E-state index < -0.39 is 5.60 Å². The number of nitrogens with zero attached hydrogens (tertiary/aromatic N) is 5. The topological polar surface area (TPSA) is 148 Å². The molecule has 0 aliphatic carbocycles. The van der Waals surface area contributed by atoms with Crippen LogP contribution in [0.5, 0.6) is 5.88 Å². The Morgan fingerprint density at radius 2 is 2.00 bits per heavy atom. The smallest absolute Gasteiger partial charge is 0.328 e. The molecular weight excluding hydrogens is 398 g/mol. The fraction of sp³-hybridized carbons (Fsp3) is 0.238. The van der Waals surface area contributed by atoms with E-state index in [0.717, 1.165) is 16.5 Å². The van der Waals surface area contributed by atoms with Crippen LogP contribution in [0, 0.1) is 11.8 Å². The molecule has 4 rings (SSSR count). The minimum atomic E-state index is -1.14. The zero-order valence-electron chi connectivity index (χ0n) is 17.0. The van der Waals surface area contributed by atoms with Crippen molar-refractivity contribution in [2.45, 2.75) is 32.5 Å². The molecular formula is C21H21N7O3. The number of anilines is 1. The highest BCUT2D eigenvalue weighted by Crippen LogP contribution is 2.30. The van der Waals surface area contributed by atoms with Crippen molar-refractivity contribution >= 4 is 16.9 Å². The highest BCUT2D eigenvalue weighted by atomic mass is 16.3. The summed E-state index contributed by atoms with van der Waals surface area (Å²) in [5, 5.41) is 20.2. The first-order valence-corrected chi connectivity index (χ1v) is 9.51. The number of aromatic amines is 1. The Hall–Kier alpha value is -4.10.